The molecule has 398 valence electrons. The van der Waals surface area contributed by atoms with Crippen molar-refractivity contribution in [3.05, 3.63) is 94.0 Å². The van der Waals surface area contributed by atoms with Crippen molar-refractivity contribution in [1.82, 2.24) is 0 Å². The van der Waals surface area contributed by atoms with Crippen LogP contribution in [-0.4, -0.2) is 11.2 Å². The Morgan fingerprint density at radius 1 is 0.417 bits per heavy atom. The summed E-state index contributed by atoms with van der Waals surface area (Å²) in [5.41, 5.74) is 8.73. The molecule has 4 aromatic rings. The number of hydrogen-bond acceptors (Lipinski definition) is 4. The highest BCUT2D eigenvalue weighted by Crippen LogP contribution is 2.57. The maximum atomic E-state index is 7.43. The maximum absolute atomic E-state index is 7.43. The molecule has 2 heterocycles. The van der Waals surface area contributed by atoms with E-state index in [1.807, 2.05) is 0 Å². The Labute approximate surface area is 441 Å². The molecule has 0 aliphatic carbocycles. The second-order valence-electron chi connectivity index (χ2n) is 25.2. The minimum absolute atomic E-state index is 0.242. The molecule has 6 atom stereocenters. The summed E-state index contributed by atoms with van der Waals surface area (Å²) >= 11 is 0. The molecular weight excluding hydrogens is 881 g/mol. The zero-order valence-electron chi connectivity index (χ0n) is 48.4. The lowest BCUT2D eigenvalue weighted by molar-refractivity contribution is 0.0507. The van der Waals surface area contributed by atoms with Crippen LogP contribution in [0.3, 0.4) is 0 Å². The summed E-state index contributed by atoms with van der Waals surface area (Å²) in [7, 11) is 0. The Morgan fingerprint density at radius 2 is 0.722 bits per heavy atom. The molecule has 0 amide bonds. The summed E-state index contributed by atoms with van der Waals surface area (Å²) in [4.78, 5) is 0. The lowest BCUT2D eigenvalue weighted by Crippen LogP contribution is -2.37. The zero-order valence-corrected chi connectivity index (χ0v) is 48.4. The SMILES string of the molecule is Cc1c(C)c(Oc2ccccc2)c(-c2c3c(c(C)c(C)c2Oc2ccccc2)O[C@](C)(CCC[C@H](C)CCC[C@H](C)CCCC(C)C)CC3)c2c1O[C@](C)(CCC[C@H](C)CCC[C@H](C)CCCC(C)C)CC2. The minimum atomic E-state index is -0.242. The van der Waals surface area contributed by atoms with E-state index in [4.69, 9.17) is 18.9 Å². The van der Waals surface area contributed by atoms with Crippen LogP contribution in [0.5, 0.6) is 34.5 Å². The fourth-order valence-electron chi connectivity index (χ4n) is 12.1. The second kappa shape index (κ2) is 27.0. The van der Waals surface area contributed by atoms with Crippen LogP contribution in [0.1, 0.15) is 231 Å². The number of para-hydroxylation sites is 2. The van der Waals surface area contributed by atoms with Crippen LogP contribution in [0, 0.1) is 63.2 Å². The van der Waals surface area contributed by atoms with Crippen LogP contribution in [-0.2, 0) is 12.8 Å². The summed E-state index contributed by atoms with van der Waals surface area (Å²) in [5.74, 6) is 10.3. The summed E-state index contributed by atoms with van der Waals surface area (Å²) < 4.78 is 29.2. The molecule has 6 rings (SSSR count). The summed E-state index contributed by atoms with van der Waals surface area (Å²) in [6.07, 6.45) is 27.0. The Hall–Kier alpha value is -3.92. The molecule has 2 aliphatic heterocycles. The van der Waals surface area contributed by atoms with Crippen LogP contribution in [0.15, 0.2) is 60.7 Å². The Bertz CT molecular complexity index is 2110. The van der Waals surface area contributed by atoms with Gasteiger partial charge in [0, 0.05) is 22.3 Å². The predicted molar refractivity (Wildman–Crippen MR) is 308 cm³/mol. The molecule has 0 N–H and O–H groups in total. The molecule has 0 spiro atoms. The van der Waals surface area contributed by atoms with Crippen LogP contribution < -0.4 is 18.9 Å². The summed E-state index contributed by atoms with van der Waals surface area (Å²) in [5, 5.41) is 0. The highest BCUT2D eigenvalue weighted by Gasteiger charge is 2.41. The van der Waals surface area contributed by atoms with Gasteiger partial charge in [-0.3, -0.25) is 0 Å². The Kier molecular flexibility index (Phi) is 21.5. The van der Waals surface area contributed by atoms with Crippen molar-refractivity contribution in [3.8, 4) is 45.6 Å². The Balaban J connectivity index is 1.28. The van der Waals surface area contributed by atoms with Crippen molar-refractivity contribution < 1.29 is 18.9 Å². The van der Waals surface area contributed by atoms with Crippen LogP contribution >= 0.6 is 0 Å². The first-order valence-electron chi connectivity index (χ1n) is 29.5. The van der Waals surface area contributed by atoms with Gasteiger partial charge in [-0.2, -0.15) is 0 Å². The van der Waals surface area contributed by atoms with Crippen LogP contribution in [0.4, 0.5) is 0 Å². The van der Waals surface area contributed by atoms with Gasteiger partial charge in [0.2, 0.25) is 0 Å². The first-order valence-corrected chi connectivity index (χ1v) is 29.5. The van der Waals surface area contributed by atoms with E-state index in [1.54, 1.807) is 0 Å². The predicted octanol–water partition coefficient (Wildman–Crippen LogP) is 21.2. The monoisotopic (exact) mass is 983 g/mol. The summed E-state index contributed by atoms with van der Waals surface area (Å²) in [6.45, 7) is 33.0. The standard InChI is InChI=1S/C68H102O4/c1-47(2)27-21-29-49(5)31-23-33-51(7)35-25-43-67(13)45-41-59-61(65(55(11)53(9)63(59)71-67)69-57-37-17-15-18-38-57)62-60-42-46-68(14,44-26-36-52(8)34-24-32-50(6)30-22-28-48(3)4)72-64(60)54(10)56(12)66(62)70-58-39-19-16-20-40-58/h15-20,37-40,47-52H,21-36,41-46H2,1-14H3/t49-,50-,51-,52-,67-,68-/m1/s1. The highest BCUT2D eigenvalue weighted by atomic mass is 16.5. The van der Waals surface area contributed by atoms with Gasteiger partial charge in [-0.05, 0) is 175 Å². The Morgan fingerprint density at radius 3 is 1.04 bits per heavy atom. The lowest BCUT2D eigenvalue weighted by Gasteiger charge is -2.41. The highest BCUT2D eigenvalue weighted by molar-refractivity contribution is 5.89. The van der Waals surface area contributed by atoms with E-state index in [-0.39, 0.29) is 11.2 Å². The molecule has 4 nitrogen and oxygen atoms in total. The molecule has 0 aromatic heterocycles. The zero-order chi connectivity index (χ0) is 52.0. The van der Waals surface area contributed by atoms with Crippen molar-refractivity contribution in [2.24, 2.45) is 35.5 Å². The van der Waals surface area contributed by atoms with E-state index in [9.17, 15) is 0 Å². The fraction of sp³-hybridized carbons (Fsp3) is 0.647. The molecule has 4 aromatic carbocycles. The third kappa shape index (κ3) is 16.0. The van der Waals surface area contributed by atoms with Crippen LogP contribution in [0.2, 0.25) is 0 Å². The van der Waals surface area contributed by atoms with Crippen molar-refractivity contribution in [3.63, 3.8) is 0 Å². The summed E-state index contributed by atoms with van der Waals surface area (Å²) in [6, 6.07) is 20.7. The van der Waals surface area contributed by atoms with Crippen molar-refractivity contribution in [1.29, 1.82) is 0 Å². The third-order valence-corrected chi connectivity index (χ3v) is 17.3. The van der Waals surface area contributed by atoms with E-state index in [2.05, 4.69) is 158 Å². The number of benzene rings is 4. The van der Waals surface area contributed by atoms with Gasteiger partial charge in [0.15, 0.2) is 0 Å². The first-order chi connectivity index (χ1) is 34.4. The lowest BCUT2D eigenvalue weighted by atomic mass is 9.78. The van der Waals surface area contributed by atoms with E-state index in [0.29, 0.717) is 0 Å². The van der Waals surface area contributed by atoms with Crippen molar-refractivity contribution in [2.75, 3.05) is 0 Å². The smallest absolute Gasteiger partial charge is 0.139 e. The topological polar surface area (TPSA) is 36.9 Å². The van der Waals surface area contributed by atoms with Gasteiger partial charge < -0.3 is 18.9 Å². The molecule has 0 radical (unpaired) electrons. The number of ether oxygens (including phenoxy) is 4. The van der Waals surface area contributed by atoms with E-state index in [0.717, 1.165) is 131 Å². The third-order valence-electron chi connectivity index (χ3n) is 17.3. The van der Waals surface area contributed by atoms with E-state index < -0.39 is 0 Å². The molecule has 72 heavy (non-hydrogen) atoms. The molecule has 2 aliphatic rings. The molecule has 4 heteroatoms. The molecule has 0 bridgehead atoms. The van der Waals surface area contributed by atoms with E-state index in [1.165, 1.54) is 125 Å². The molecular formula is C68H102O4. The fourth-order valence-corrected chi connectivity index (χ4v) is 12.1. The molecule has 0 saturated heterocycles. The number of hydrogen-bond donors (Lipinski definition) is 0. The van der Waals surface area contributed by atoms with Gasteiger partial charge in [-0.15, -0.1) is 0 Å². The van der Waals surface area contributed by atoms with E-state index >= 15 is 0 Å². The van der Waals surface area contributed by atoms with Gasteiger partial charge in [-0.1, -0.05) is 182 Å². The van der Waals surface area contributed by atoms with Crippen molar-refractivity contribution >= 4 is 0 Å². The van der Waals surface area contributed by atoms with Gasteiger partial charge in [0.1, 0.15) is 45.7 Å². The molecule has 0 unspecified atom stereocenters. The van der Waals surface area contributed by atoms with Gasteiger partial charge >= 0.3 is 0 Å². The second-order valence-corrected chi connectivity index (χ2v) is 25.2. The van der Waals surface area contributed by atoms with Gasteiger partial charge in [0.05, 0.1) is 0 Å². The normalized spacial score (nSPS) is 19.3. The van der Waals surface area contributed by atoms with Gasteiger partial charge in [0.25, 0.3) is 0 Å². The average molecular weight is 984 g/mol. The number of rotatable bonds is 29. The van der Waals surface area contributed by atoms with Crippen LogP contribution in [0.25, 0.3) is 11.1 Å². The quantitative estimate of drug-likeness (QED) is 0.0543. The average Bonchev–Trinajstić information content (AvgIpc) is 3.33. The molecule has 0 saturated carbocycles. The van der Waals surface area contributed by atoms with Crippen molar-refractivity contribution in [2.45, 2.75) is 249 Å². The minimum Gasteiger partial charge on any atom is -0.487 e. The number of fused-ring (bicyclic) bond motifs is 2. The maximum Gasteiger partial charge on any atom is 0.139 e. The van der Waals surface area contributed by atoms with Gasteiger partial charge in [-0.25, -0.2) is 0 Å². The first kappa shape index (κ1) is 57.4. The largest absolute Gasteiger partial charge is 0.487 e. The molecule has 0 fully saturated rings.